The maximum Gasteiger partial charge on any atom is 0.303 e. The summed E-state index contributed by atoms with van der Waals surface area (Å²) >= 11 is 0. The fraction of sp³-hybridized carbons (Fsp3) is 0.875. The average Bonchev–Trinajstić information content (AvgIpc) is 2.52. The van der Waals surface area contributed by atoms with Gasteiger partial charge in [0.15, 0.2) is 0 Å². The monoisotopic (exact) mass is 296 g/mol. The van der Waals surface area contributed by atoms with Crippen LogP contribution >= 0.6 is 0 Å². The largest absolute Gasteiger partial charge is 0.481 e. The molecule has 21 heavy (non-hydrogen) atoms. The first-order valence-corrected chi connectivity index (χ1v) is 8.39. The number of hydrogen-bond acceptors (Lipinski definition) is 3. The minimum absolute atomic E-state index is 0.148. The van der Waals surface area contributed by atoms with E-state index >= 15 is 0 Å². The summed E-state index contributed by atoms with van der Waals surface area (Å²) in [7, 11) is 0. The number of carbonyl (C=O) groups excluding carboxylic acids is 1. The number of nitrogens with zero attached hydrogens (tertiary/aromatic N) is 1. The zero-order valence-corrected chi connectivity index (χ0v) is 12.9. The Balaban J connectivity index is 1.78. The summed E-state index contributed by atoms with van der Waals surface area (Å²) in [6.45, 7) is 2.96. The number of piperidine rings is 2. The van der Waals surface area contributed by atoms with E-state index in [-0.39, 0.29) is 18.4 Å². The molecule has 120 valence electrons. The number of aliphatic carboxylic acids is 1. The van der Waals surface area contributed by atoms with Gasteiger partial charge in [-0.15, -0.1) is 0 Å². The van der Waals surface area contributed by atoms with Gasteiger partial charge in [0.1, 0.15) is 0 Å². The average molecular weight is 296 g/mol. The quantitative estimate of drug-likeness (QED) is 0.786. The first-order valence-electron chi connectivity index (χ1n) is 8.39. The first kappa shape index (κ1) is 16.3. The van der Waals surface area contributed by atoms with Crippen LogP contribution in [0.3, 0.4) is 0 Å². The molecule has 0 bridgehead atoms. The van der Waals surface area contributed by atoms with Crippen molar-refractivity contribution in [2.24, 2.45) is 5.92 Å². The minimum Gasteiger partial charge on any atom is -0.481 e. The van der Waals surface area contributed by atoms with E-state index in [0.717, 1.165) is 45.3 Å². The second-order valence-corrected chi connectivity index (χ2v) is 6.40. The Labute approximate surface area is 127 Å². The van der Waals surface area contributed by atoms with Crippen LogP contribution in [0.5, 0.6) is 0 Å². The zero-order valence-electron chi connectivity index (χ0n) is 12.9. The molecule has 0 saturated carbocycles. The van der Waals surface area contributed by atoms with E-state index in [0.29, 0.717) is 18.8 Å². The van der Waals surface area contributed by atoms with Crippen LogP contribution in [0.15, 0.2) is 0 Å². The summed E-state index contributed by atoms with van der Waals surface area (Å²) in [5.74, 6) is 0.156. The predicted octanol–water partition coefficient (Wildman–Crippen LogP) is 2.01. The predicted molar refractivity (Wildman–Crippen MR) is 81.0 cm³/mol. The summed E-state index contributed by atoms with van der Waals surface area (Å²) in [6.07, 6.45) is 7.89. The normalized spacial score (nSPS) is 24.0. The molecule has 0 spiro atoms. The van der Waals surface area contributed by atoms with Crippen LogP contribution in [0, 0.1) is 5.92 Å². The van der Waals surface area contributed by atoms with E-state index in [4.69, 9.17) is 5.11 Å². The van der Waals surface area contributed by atoms with Crippen LogP contribution in [0.1, 0.15) is 57.8 Å². The highest BCUT2D eigenvalue weighted by Gasteiger charge is 2.27. The molecule has 1 atom stereocenters. The van der Waals surface area contributed by atoms with Gasteiger partial charge < -0.3 is 15.3 Å². The summed E-state index contributed by atoms with van der Waals surface area (Å²) in [5.41, 5.74) is 0. The Morgan fingerprint density at radius 3 is 2.52 bits per heavy atom. The maximum absolute atomic E-state index is 12.5. The van der Waals surface area contributed by atoms with Crippen molar-refractivity contribution < 1.29 is 14.7 Å². The van der Waals surface area contributed by atoms with E-state index in [1.165, 1.54) is 12.8 Å². The second kappa shape index (κ2) is 8.37. The van der Waals surface area contributed by atoms with Crippen molar-refractivity contribution >= 4 is 11.9 Å². The summed E-state index contributed by atoms with van der Waals surface area (Å²) < 4.78 is 0. The molecular formula is C16H28N2O3. The summed E-state index contributed by atoms with van der Waals surface area (Å²) in [4.78, 5) is 25.2. The van der Waals surface area contributed by atoms with Crippen LogP contribution in [-0.2, 0) is 9.59 Å². The van der Waals surface area contributed by atoms with Crippen molar-refractivity contribution in [3.05, 3.63) is 0 Å². The number of rotatable bonds is 6. The topological polar surface area (TPSA) is 69.6 Å². The number of amides is 1. The highest BCUT2D eigenvalue weighted by molar-refractivity contribution is 5.76. The van der Waals surface area contributed by atoms with E-state index in [9.17, 15) is 9.59 Å². The maximum atomic E-state index is 12.5. The molecule has 2 N–H and O–H groups in total. The number of carbonyl (C=O) groups is 2. The fourth-order valence-corrected chi connectivity index (χ4v) is 3.56. The molecule has 1 amide bonds. The molecule has 2 rings (SSSR count). The summed E-state index contributed by atoms with van der Waals surface area (Å²) in [6, 6.07) is 0.148. The van der Waals surface area contributed by atoms with E-state index in [2.05, 4.69) is 5.32 Å². The molecule has 2 heterocycles. The zero-order chi connectivity index (χ0) is 15.1. The third-order valence-corrected chi connectivity index (χ3v) is 4.86. The van der Waals surface area contributed by atoms with Crippen molar-refractivity contribution in [2.75, 3.05) is 19.6 Å². The molecule has 0 aromatic heterocycles. The number of hydrogen-bond donors (Lipinski definition) is 2. The van der Waals surface area contributed by atoms with Gasteiger partial charge in [-0.1, -0.05) is 0 Å². The van der Waals surface area contributed by atoms with Gasteiger partial charge in [0.2, 0.25) is 5.91 Å². The first-order chi connectivity index (χ1) is 10.2. The van der Waals surface area contributed by atoms with Gasteiger partial charge in [0.25, 0.3) is 0 Å². The molecule has 2 saturated heterocycles. The molecule has 5 nitrogen and oxygen atoms in total. The highest BCUT2D eigenvalue weighted by atomic mass is 16.4. The lowest BCUT2D eigenvalue weighted by molar-refractivity contribution is -0.140. The van der Waals surface area contributed by atoms with Gasteiger partial charge in [0, 0.05) is 25.4 Å². The molecule has 2 aliphatic heterocycles. The SMILES string of the molecule is O=C(O)CCC1CCCCN1C(=O)CCC1CCNCC1. The van der Waals surface area contributed by atoms with Gasteiger partial charge in [0.05, 0.1) is 0 Å². The molecule has 2 fully saturated rings. The van der Waals surface area contributed by atoms with Crippen LogP contribution in [0.4, 0.5) is 0 Å². The standard InChI is InChI=1S/C16H28N2O3/c19-15(6-4-13-8-10-17-11-9-13)18-12-2-1-3-14(18)5-7-16(20)21/h13-14,17H,1-12H2,(H,20,21). The lowest BCUT2D eigenvalue weighted by Crippen LogP contribution is -2.44. The smallest absolute Gasteiger partial charge is 0.303 e. The van der Waals surface area contributed by atoms with Crippen molar-refractivity contribution in [3.63, 3.8) is 0 Å². The third kappa shape index (κ3) is 5.30. The molecule has 1 unspecified atom stereocenters. The highest BCUT2D eigenvalue weighted by Crippen LogP contribution is 2.24. The van der Waals surface area contributed by atoms with Crippen LogP contribution < -0.4 is 5.32 Å². The number of carboxylic acid groups (broad SMARTS) is 1. The van der Waals surface area contributed by atoms with Crippen molar-refractivity contribution in [3.8, 4) is 0 Å². The molecule has 0 aromatic rings. The second-order valence-electron chi connectivity index (χ2n) is 6.40. The molecule has 0 aliphatic carbocycles. The van der Waals surface area contributed by atoms with E-state index in [1.54, 1.807) is 0 Å². The minimum atomic E-state index is -0.761. The summed E-state index contributed by atoms with van der Waals surface area (Å²) in [5, 5.41) is 12.2. The molecular weight excluding hydrogens is 268 g/mol. The Kier molecular flexibility index (Phi) is 6.49. The lowest BCUT2D eigenvalue weighted by Gasteiger charge is -2.36. The van der Waals surface area contributed by atoms with Crippen LogP contribution in [0.25, 0.3) is 0 Å². The Hall–Kier alpha value is -1.10. The van der Waals surface area contributed by atoms with Crippen molar-refractivity contribution in [2.45, 2.75) is 63.8 Å². The van der Waals surface area contributed by atoms with Gasteiger partial charge >= 0.3 is 5.97 Å². The van der Waals surface area contributed by atoms with Crippen LogP contribution in [-0.4, -0.2) is 47.6 Å². The van der Waals surface area contributed by atoms with Crippen molar-refractivity contribution in [1.29, 1.82) is 0 Å². The fourth-order valence-electron chi connectivity index (χ4n) is 3.56. The van der Waals surface area contributed by atoms with Crippen molar-refractivity contribution in [1.82, 2.24) is 10.2 Å². The lowest BCUT2D eigenvalue weighted by atomic mass is 9.92. The number of carboxylic acids is 1. The Bertz CT molecular complexity index is 353. The Morgan fingerprint density at radius 2 is 1.81 bits per heavy atom. The van der Waals surface area contributed by atoms with Crippen LogP contribution in [0.2, 0.25) is 0 Å². The number of nitrogens with one attached hydrogen (secondary N) is 1. The molecule has 2 aliphatic rings. The van der Waals surface area contributed by atoms with E-state index < -0.39 is 5.97 Å². The van der Waals surface area contributed by atoms with Gasteiger partial charge in [-0.3, -0.25) is 9.59 Å². The van der Waals surface area contributed by atoms with E-state index in [1.807, 2.05) is 4.90 Å². The molecule has 0 radical (unpaired) electrons. The molecule has 0 aromatic carbocycles. The van der Waals surface area contributed by atoms with Gasteiger partial charge in [-0.2, -0.15) is 0 Å². The van der Waals surface area contributed by atoms with Gasteiger partial charge in [-0.05, 0) is 64.0 Å². The van der Waals surface area contributed by atoms with Gasteiger partial charge in [-0.25, -0.2) is 0 Å². The Morgan fingerprint density at radius 1 is 1.05 bits per heavy atom. The molecule has 5 heteroatoms. The third-order valence-electron chi connectivity index (χ3n) is 4.86. The number of likely N-dealkylation sites (tertiary alicyclic amines) is 1.